The molecule has 14 heavy (non-hydrogen) atoms. The molecule has 0 aliphatic carbocycles. The van der Waals surface area contributed by atoms with E-state index in [0.717, 1.165) is 17.1 Å². The highest BCUT2D eigenvalue weighted by Crippen LogP contribution is 2.23. The van der Waals surface area contributed by atoms with Gasteiger partial charge in [-0.3, -0.25) is 0 Å². The molecule has 0 amide bonds. The zero-order chi connectivity index (χ0) is 10.1. The number of rotatable bonds is 2. The van der Waals surface area contributed by atoms with Gasteiger partial charge in [0.2, 0.25) is 0 Å². The Morgan fingerprint density at radius 2 is 2.36 bits per heavy atom. The molecule has 3 N–H and O–H groups in total. The molecule has 2 aromatic heterocycles. The van der Waals surface area contributed by atoms with Crippen LogP contribution in [0.3, 0.4) is 0 Å². The lowest BCUT2D eigenvalue weighted by atomic mass is 10.3. The third-order valence-corrected chi connectivity index (χ3v) is 2.95. The average molecular weight is 207 g/mol. The van der Waals surface area contributed by atoms with Gasteiger partial charge in [0.15, 0.2) is 0 Å². The van der Waals surface area contributed by atoms with Crippen molar-refractivity contribution in [1.29, 1.82) is 0 Å². The maximum absolute atomic E-state index is 5.74. The largest absolute Gasteiger partial charge is 0.341 e. The summed E-state index contributed by atoms with van der Waals surface area (Å²) in [5.74, 6) is 0.904. The van der Waals surface area contributed by atoms with Crippen LogP contribution in [0.2, 0.25) is 0 Å². The Morgan fingerprint density at radius 1 is 1.57 bits per heavy atom. The summed E-state index contributed by atoms with van der Waals surface area (Å²) in [6, 6.07) is 2.13. The number of imidazole rings is 1. The van der Waals surface area contributed by atoms with Crippen LogP contribution in [0.4, 0.5) is 0 Å². The van der Waals surface area contributed by atoms with Crippen molar-refractivity contribution in [3.05, 3.63) is 28.2 Å². The maximum atomic E-state index is 5.74. The summed E-state index contributed by atoms with van der Waals surface area (Å²) >= 11 is 1.73. The molecule has 0 fully saturated rings. The van der Waals surface area contributed by atoms with E-state index in [-0.39, 0.29) is 6.04 Å². The third kappa shape index (κ3) is 1.71. The predicted octanol–water partition coefficient (Wildman–Crippen LogP) is 2.47. The zero-order valence-corrected chi connectivity index (χ0v) is 9.06. The van der Waals surface area contributed by atoms with Crippen molar-refractivity contribution in [3.8, 4) is 11.4 Å². The van der Waals surface area contributed by atoms with Crippen LogP contribution in [0.5, 0.6) is 0 Å². The second-order valence-electron chi connectivity index (χ2n) is 3.42. The Hall–Kier alpha value is -1.13. The second-order valence-corrected chi connectivity index (χ2v) is 4.54. The lowest BCUT2D eigenvalue weighted by molar-refractivity contribution is 0.789. The van der Waals surface area contributed by atoms with E-state index >= 15 is 0 Å². The summed E-state index contributed by atoms with van der Waals surface area (Å²) in [4.78, 5) is 8.80. The van der Waals surface area contributed by atoms with Crippen molar-refractivity contribution in [3.63, 3.8) is 0 Å². The van der Waals surface area contributed by atoms with Crippen LogP contribution in [0.25, 0.3) is 11.4 Å². The lowest BCUT2D eigenvalue weighted by Gasteiger charge is -1.98. The number of aromatic amines is 1. The minimum absolute atomic E-state index is 0.0102. The quantitative estimate of drug-likeness (QED) is 0.794. The standard InChI is InChI=1S/C10H13N3S/c1-6-3-8(5-14-6)10-12-4-9(13-10)7(2)11/h3-5,7H,11H2,1-2H3,(H,12,13). The van der Waals surface area contributed by atoms with Gasteiger partial charge in [-0.2, -0.15) is 0 Å². The highest BCUT2D eigenvalue weighted by molar-refractivity contribution is 7.10. The van der Waals surface area contributed by atoms with Gasteiger partial charge in [-0.1, -0.05) is 0 Å². The molecular formula is C10H13N3S. The first-order valence-corrected chi connectivity index (χ1v) is 5.41. The molecule has 3 nitrogen and oxygen atoms in total. The van der Waals surface area contributed by atoms with E-state index in [2.05, 4.69) is 28.3 Å². The van der Waals surface area contributed by atoms with Gasteiger partial charge >= 0.3 is 0 Å². The highest BCUT2D eigenvalue weighted by Gasteiger charge is 2.07. The Kier molecular flexibility index (Phi) is 2.39. The van der Waals surface area contributed by atoms with Crippen LogP contribution in [0.15, 0.2) is 17.6 Å². The number of hydrogen-bond acceptors (Lipinski definition) is 3. The van der Waals surface area contributed by atoms with Crippen molar-refractivity contribution in [2.45, 2.75) is 19.9 Å². The highest BCUT2D eigenvalue weighted by atomic mass is 32.1. The molecule has 0 radical (unpaired) electrons. The van der Waals surface area contributed by atoms with Gasteiger partial charge in [0, 0.05) is 21.9 Å². The lowest BCUT2D eigenvalue weighted by Crippen LogP contribution is -2.04. The molecule has 0 spiro atoms. The summed E-state index contributed by atoms with van der Waals surface area (Å²) in [5, 5.41) is 2.10. The zero-order valence-electron chi connectivity index (χ0n) is 8.24. The first kappa shape index (κ1) is 9.43. The Balaban J connectivity index is 2.33. The fourth-order valence-corrected chi connectivity index (χ4v) is 1.97. The SMILES string of the molecule is Cc1cc(-c2ncc(C(C)N)[nH]2)cs1. The smallest absolute Gasteiger partial charge is 0.138 e. The van der Waals surface area contributed by atoms with Gasteiger partial charge in [-0.05, 0) is 19.9 Å². The van der Waals surface area contributed by atoms with E-state index in [1.54, 1.807) is 17.5 Å². The molecule has 0 aliphatic rings. The molecule has 1 atom stereocenters. The number of aromatic nitrogens is 2. The van der Waals surface area contributed by atoms with Crippen molar-refractivity contribution >= 4 is 11.3 Å². The fraction of sp³-hybridized carbons (Fsp3) is 0.300. The molecule has 2 rings (SSSR count). The number of aryl methyl sites for hydroxylation is 1. The Bertz CT molecular complexity index is 428. The number of hydrogen-bond donors (Lipinski definition) is 2. The topological polar surface area (TPSA) is 54.7 Å². The fourth-order valence-electron chi connectivity index (χ4n) is 1.28. The first-order valence-electron chi connectivity index (χ1n) is 4.53. The summed E-state index contributed by atoms with van der Waals surface area (Å²) in [6.45, 7) is 4.03. The summed E-state index contributed by atoms with van der Waals surface area (Å²) < 4.78 is 0. The maximum Gasteiger partial charge on any atom is 0.138 e. The summed E-state index contributed by atoms with van der Waals surface area (Å²) in [6.07, 6.45) is 1.80. The van der Waals surface area contributed by atoms with E-state index in [1.807, 2.05) is 6.92 Å². The van der Waals surface area contributed by atoms with Gasteiger partial charge in [-0.25, -0.2) is 4.98 Å². The number of nitrogens with zero attached hydrogens (tertiary/aromatic N) is 1. The molecule has 0 aromatic carbocycles. The molecule has 0 saturated heterocycles. The van der Waals surface area contributed by atoms with Crippen LogP contribution in [-0.2, 0) is 0 Å². The van der Waals surface area contributed by atoms with E-state index < -0.39 is 0 Å². The number of nitrogens with one attached hydrogen (secondary N) is 1. The van der Waals surface area contributed by atoms with Gasteiger partial charge in [0.05, 0.1) is 11.9 Å². The molecule has 1 unspecified atom stereocenters. The second kappa shape index (κ2) is 3.55. The predicted molar refractivity (Wildman–Crippen MR) is 59.2 cm³/mol. The first-order chi connectivity index (χ1) is 6.66. The van der Waals surface area contributed by atoms with E-state index in [9.17, 15) is 0 Å². The Morgan fingerprint density at radius 3 is 2.86 bits per heavy atom. The monoisotopic (exact) mass is 207 g/mol. The molecular weight excluding hydrogens is 194 g/mol. The van der Waals surface area contributed by atoms with Crippen molar-refractivity contribution in [2.75, 3.05) is 0 Å². The van der Waals surface area contributed by atoms with Gasteiger partial charge in [-0.15, -0.1) is 11.3 Å². The van der Waals surface area contributed by atoms with E-state index in [1.165, 1.54) is 4.88 Å². The average Bonchev–Trinajstić information content (AvgIpc) is 2.70. The van der Waals surface area contributed by atoms with Crippen LogP contribution in [-0.4, -0.2) is 9.97 Å². The van der Waals surface area contributed by atoms with Crippen molar-refractivity contribution in [1.82, 2.24) is 9.97 Å². The van der Waals surface area contributed by atoms with Crippen LogP contribution < -0.4 is 5.73 Å². The number of H-pyrrole nitrogens is 1. The number of nitrogens with two attached hydrogens (primary N) is 1. The third-order valence-electron chi connectivity index (χ3n) is 2.09. The van der Waals surface area contributed by atoms with Gasteiger partial charge in [0.25, 0.3) is 0 Å². The van der Waals surface area contributed by atoms with Gasteiger partial charge in [0.1, 0.15) is 5.82 Å². The number of thiophene rings is 1. The summed E-state index contributed by atoms with van der Waals surface area (Å²) in [5.41, 5.74) is 7.86. The Labute approximate surface area is 87.0 Å². The van der Waals surface area contributed by atoms with Crippen LogP contribution in [0, 0.1) is 6.92 Å². The van der Waals surface area contributed by atoms with Crippen molar-refractivity contribution in [2.24, 2.45) is 5.73 Å². The molecule has 74 valence electrons. The minimum atomic E-state index is 0.0102. The molecule has 0 aliphatic heterocycles. The van der Waals surface area contributed by atoms with Gasteiger partial charge < -0.3 is 10.7 Å². The van der Waals surface area contributed by atoms with E-state index in [4.69, 9.17) is 5.73 Å². The van der Waals surface area contributed by atoms with Crippen LogP contribution in [0.1, 0.15) is 23.5 Å². The molecule has 0 bridgehead atoms. The van der Waals surface area contributed by atoms with Crippen molar-refractivity contribution < 1.29 is 0 Å². The van der Waals surface area contributed by atoms with Crippen LogP contribution >= 0.6 is 11.3 Å². The molecule has 2 heterocycles. The summed E-state index contributed by atoms with van der Waals surface area (Å²) in [7, 11) is 0. The molecule has 0 saturated carbocycles. The molecule has 2 aromatic rings. The normalized spacial score (nSPS) is 13.1. The minimum Gasteiger partial charge on any atom is -0.341 e. The molecule has 4 heteroatoms. The van der Waals surface area contributed by atoms with E-state index in [0.29, 0.717) is 0 Å².